The number of rotatable bonds is 2. The summed E-state index contributed by atoms with van der Waals surface area (Å²) in [7, 11) is 0. The van der Waals surface area contributed by atoms with Crippen LogP contribution in [-0.2, 0) is 22.5 Å². The zero-order valence-corrected chi connectivity index (χ0v) is 12.8. The Bertz CT molecular complexity index is 511. The molecule has 0 saturated carbocycles. The SMILES string of the molecule is CC(C)(C)OC(=O)N1CCOCc2ccc(CCO)nc21. The van der Waals surface area contributed by atoms with Gasteiger partial charge in [-0.25, -0.2) is 9.78 Å². The summed E-state index contributed by atoms with van der Waals surface area (Å²) in [4.78, 5) is 18.3. The fourth-order valence-electron chi connectivity index (χ4n) is 2.06. The van der Waals surface area contributed by atoms with Gasteiger partial charge in [0.25, 0.3) is 0 Å². The number of hydrogen-bond donors (Lipinski definition) is 1. The highest BCUT2D eigenvalue weighted by atomic mass is 16.6. The molecule has 1 N–H and O–H groups in total. The van der Waals surface area contributed by atoms with Crippen molar-refractivity contribution >= 4 is 11.9 Å². The Hall–Kier alpha value is -1.66. The quantitative estimate of drug-likeness (QED) is 0.901. The van der Waals surface area contributed by atoms with Crippen molar-refractivity contribution in [2.24, 2.45) is 0 Å². The molecule has 0 spiro atoms. The van der Waals surface area contributed by atoms with E-state index in [9.17, 15) is 4.79 Å². The molecular weight excluding hydrogens is 272 g/mol. The van der Waals surface area contributed by atoms with Crippen LogP contribution in [0.3, 0.4) is 0 Å². The summed E-state index contributed by atoms with van der Waals surface area (Å²) in [5.41, 5.74) is 1.03. The van der Waals surface area contributed by atoms with Crippen molar-refractivity contribution in [1.29, 1.82) is 0 Å². The van der Waals surface area contributed by atoms with Crippen LogP contribution in [0.4, 0.5) is 10.6 Å². The van der Waals surface area contributed by atoms with E-state index in [-0.39, 0.29) is 6.61 Å². The highest BCUT2D eigenvalue weighted by Gasteiger charge is 2.27. The lowest BCUT2D eigenvalue weighted by Crippen LogP contribution is -2.39. The number of hydrogen-bond acceptors (Lipinski definition) is 5. The van der Waals surface area contributed by atoms with Crippen molar-refractivity contribution in [1.82, 2.24) is 4.98 Å². The number of aliphatic hydroxyl groups excluding tert-OH is 1. The van der Waals surface area contributed by atoms with E-state index in [1.165, 1.54) is 4.90 Å². The number of carbonyl (C=O) groups excluding carboxylic acids is 1. The Morgan fingerprint density at radius 3 is 2.90 bits per heavy atom. The van der Waals surface area contributed by atoms with E-state index in [0.717, 1.165) is 11.3 Å². The summed E-state index contributed by atoms with van der Waals surface area (Å²) in [6.45, 7) is 6.76. The van der Waals surface area contributed by atoms with E-state index in [4.69, 9.17) is 14.6 Å². The smallest absolute Gasteiger partial charge is 0.416 e. The van der Waals surface area contributed by atoms with Gasteiger partial charge in [-0.15, -0.1) is 0 Å². The first-order valence-corrected chi connectivity index (χ1v) is 7.08. The van der Waals surface area contributed by atoms with Crippen molar-refractivity contribution in [3.63, 3.8) is 0 Å². The lowest BCUT2D eigenvalue weighted by Gasteiger charge is -2.26. The maximum Gasteiger partial charge on any atom is 0.416 e. The van der Waals surface area contributed by atoms with Gasteiger partial charge in [0.2, 0.25) is 0 Å². The zero-order chi connectivity index (χ0) is 15.5. The summed E-state index contributed by atoms with van der Waals surface area (Å²) in [6.07, 6.45) is 0.0268. The Balaban J connectivity index is 2.31. The zero-order valence-electron chi connectivity index (χ0n) is 12.8. The first-order chi connectivity index (χ1) is 9.90. The van der Waals surface area contributed by atoms with Crippen LogP contribution < -0.4 is 4.90 Å². The molecule has 116 valence electrons. The molecule has 0 saturated heterocycles. The number of fused-ring (bicyclic) bond motifs is 1. The average Bonchev–Trinajstić information content (AvgIpc) is 2.59. The molecule has 1 aromatic rings. The third-order valence-corrected chi connectivity index (χ3v) is 2.97. The molecule has 1 amide bonds. The number of pyridine rings is 1. The second kappa shape index (κ2) is 6.41. The minimum atomic E-state index is -0.562. The summed E-state index contributed by atoms with van der Waals surface area (Å²) >= 11 is 0. The number of aliphatic hydroxyl groups is 1. The molecule has 0 bridgehead atoms. The van der Waals surface area contributed by atoms with Crippen molar-refractivity contribution in [2.45, 2.75) is 39.4 Å². The second-order valence-electron chi connectivity index (χ2n) is 5.94. The molecule has 2 rings (SSSR count). The fraction of sp³-hybridized carbons (Fsp3) is 0.600. The molecule has 21 heavy (non-hydrogen) atoms. The van der Waals surface area contributed by atoms with Crippen LogP contribution >= 0.6 is 0 Å². The Morgan fingerprint density at radius 1 is 1.48 bits per heavy atom. The van der Waals surface area contributed by atoms with Crippen LogP contribution in [0.25, 0.3) is 0 Å². The number of amides is 1. The van der Waals surface area contributed by atoms with Crippen LogP contribution in [-0.4, -0.2) is 41.5 Å². The van der Waals surface area contributed by atoms with E-state index in [2.05, 4.69) is 4.98 Å². The van der Waals surface area contributed by atoms with Gasteiger partial charge in [-0.05, 0) is 26.8 Å². The van der Waals surface area contributed by atoms with Crippen LogP contribution in [0.2, 0.25) is 0 Å². The lowest BCUT2D eigenvalue weighted by atomic mass is 10.2. The predicted octanol–water partition coefficient (Wildman–Crippen LogP) is 1.89. The molecule has 6 nitrogen and oxygen atoms in total. The molecule has 0 atom stereocenters. The second-order valence-corrected chi connectivity index (χ2v) is 5.94. The Kier molecular flexibility index (Phi) is 4.80. The van der Waals surface area contributed by atoms with Gasteiger partial charge in [-0.3, -0.25) is 4.90 Å². The Labute approximate surface area is 124 Å². The largest absolute Gasteiger partial charge is 0.443 e. The van der Waals surface area contributed by atoms with Crippen LogP contribution in [0.5, 0.6) is 0 Å². The highest BCUT2D eigenvalue weighted by molar-refractivity contribution is 5.87. The monoisotopic (exact) mass is 294 g/mol. The third kappa shape index (κ3) is 4.15. The molecule has 1 aliphatic rings. The molecule has 0 fully saturated rings. The minimum Gasteiger partial charge on any atom is -0.443 e. The van der Waals surface area contributed by atoms with Crippen LogP contribution in [0, 0.1) is 0 Å². The topological polar surface area (TPSA) is 71.9 Å². The lowest BCUT2D eigenvalue weighted by molar-refractivity contribution is 0.0565. The van der Waals surface area contributed by atoms with Crippen molar-refractivity contribution in [2.75, 3.05) is 24.7 Å². The molecule has 0 aromatic carbocycles. The molecule has 0 unspecified atom stereocenters. The van der Waals surface area contributed by atoms with E-state index in [1.807, 2.05) is 32.9 Å². The highest BCUT2D eigenvalue weighted by Crippen LogP contribution is 2.24. The maximum absolute atomic E-state index is 12.4. The predicted molar refractivity (Wildman–Crippen MR) is 78.3 cm³/mol. The molecule has 1 aromatic heterocycles. The van der Waals surface area contributed by atoms with E-state index >= 15 is 0 Å². The minimum absolute atomic E-state index is 0.0225. The molecule has 0 radical (unpaired) electrons. The Morgan fingerprint density at radius 2 is 2.24 bits per heavy atom. The number of aromatic nitrogens is 1. The summed E-state index contributed by atoms with van der Waals surface area (Å²) in [6, 6.07) is 3.73. The van der Waals surface area contributed by atoms with Gasteiger partial charge in [0.15, 0.2) is 0 Å². The van der Waals surface area contributed by atoms with Crippen LogP contribution in [0.1, 0.15) is 32.0 Å². The maximum atomic E-state index is 12.4. The number of nitrogens with zero attached hydrogens (tertiary/aromatic N) is 2. The molecular formula is C15H22N2O4. The van der Waals surface area contributed by atoms with Gasteiger partial charge in [0, 0.05) is 24.3 Å². The summed E-state index contributed by atoms with van der Waals surface area (Å²) in [5, 5.41) is 9.04. The van der Waals surface area contributed by atoms with Gasteiger partial charge in [0.05, 0.1) is 19.8 Å². The van der Waals surface area contributed by atoms with Gasteiger partial charge < -0.3 is 14.6 Å². The standard InChI is InChI=1S/C15H22N2O4/c1-15(2,3)21-14(19)17-7-9-20-10-11-4-5-12(6-8-18)16-13(11)17/h4-5,18H,6-10H2,1-3H3. The number of ether oxygens (including phenoxy) is 2. The van der Waals surface area contributed by atoms with E-state index < -0.39 is 11.7 Å². The molecule has 1 aliphatic heterocycles. The first-order valence-electron chi connectivity index (χ1n) is 7.08. The van der Waals surface area contributed by atoms with Crippen molar-refractivity contribution in [3.05, 3.63) is 23.4 Å². The molecule has 2 heterocycles. The number of anilines is 1. The van der Waals surface area contributed by atoms with Gasteiger partial charge in [-0.1, -0.05) is 6.07 Å². The van der Waals surface area contributed by atoms with Crippen molar-refractivity contribution < 1.29 is 19.4 Å². The van der Waals surface area contributed by atoms with Crippen LogP contribution in [0.15, 0.2) is 12.1 Å². The number of carbonyl (C=O) groups is 1. The van der Waals surface area contributed by atoms with Gasteiger partial charge in [-0.2, -0.15) is 0 Å². The van der Waals surface area contributed by atoms with Crippen molar-refractivity contribution in [3.8, 4) is 0 Å². The molecule has 0 aliphatic carbocycles. The first kappa shape index (κ1) is 15.7. The normalized spacial score (nSPS) is 15.3. The van der Waals surface area contributed by atoms with Gasteiger partial charge >= 0.3 is 6.09 Å². The summed E-state index contributed by atoms with van der Waals surface area (Å²) in [5.74, 6) is 0.563. The van der Waals surface area contributed by atoms with E-state index in [1.54, 1.807) is 0 Å². The fourth-order valence-corrected chi connectivity index (χ4v) is 2.06. The average molecular weight is 294 g/mol. The van der Waals surface area contributed by atoms with Gasteiger partial charge in [0.1, 0.15) is 11.4 Å². The summed E-state index contributed by atoms with van der Waals surface area (Å²) < 4.78 is 10.9. The third-order valence-electron chi connectivity index (χ3n) is 2.97. The van der Waals surface area contributed by atoms with E-state index in [0.29, 0.717) is 32.0 Å². The molecule has 6 heteroatoms.